The Labute approximate surface area is 119 Å². The summed E-state index contributed by atoms with van der Waals surface area (Å²) < 4.78 is 0. The van der Waals surface area contributed by atoms with Crippen LogP contribution in [0.2, 0.25) is 0 Å². The van der Waals surface area contributed by atoms with Crippen molar-refractivity contribution in [3.63, 3.8) is 0 Å². The van der Waals surface area contributed by atoms with Crippen molar-refractivity contribution in [1.82, 2.24) is 0 Å². The van der Waals surface area contributed by atoms with Crippen molar-refractivity contribution < 1.29 is 77.9 Å². The van der Waals surface area contributed by atoms with Crippen LogP contribution < -0.4 is 68.4 Å². The first-order valence-corrected chi connectivity index (χ1v) is 0.612. The number of halogens is 1. The molecule has 0 aromatic heterocycles. The largest absolute Gasteiger partial charge is 2.00 e. The molecule has 0 spiro atoms. The summed E-state index contributed by atoms with van der Waals surface area (Å²) >= 11 is 0. The minimum atomic E-state index is -2.33. The fourth-order valence-corrected chi connectivity index (χ4v) is 0. The van der Waals surface area contributed by atoms with E-state index in [0.717, 1.165) is 0 Å². The average Bonchev–Trinajstić information content (AvgIpc) is 0.811. The molecule has 0 radical (unpaired) electrons. The van der Waals surface area contributed by atoms with Crippen molar-refractivity contribution >= 4 is 43.9 Å². The molecule has 0 unspecified atom stereocenters. The zero-order chi connectivity index (χ0) is 3.58. The topological polar surface area (TPSA) is 63.2 Å². The van der Waals surface area contributed by atoms with Gasteiger partial charge in [-0.25, -0.2) is 0 Å². The second-order valence-corrected chi connectivity index (χ2v) is 0.250. The second-order valence-electron chi connectivity index (χ2n) is 0.250. The Bertz CT molecular complexity index is 37.9. The fourth-order valence-electron chi connectivity index (χ4n) is 0. The smallest absolute Gasteiger partial charge is 0.652 e. The van der Waals surface area contributed by atoms with Crippen molar-refractivity contribution in [2.75, 3.05) is 0 Å². The molecule has 7 heavy (non-hydrogen) atoms. The Kier molecular flexibility index (Phi) is 51.3. The van der Waals surface area contributed by atoms with E-state index in [1.54, 1.807) is 0 Å². The van der Waals surface area contributed by atoms with E-state index in [2.05, 4.69) is 0 Å². The minimum Gasteiger partial charge on any atom is -0.652 e. The molecule has 0 rings (SSSR count). The molecule has 6 heteroatoms. The molecule has 0 aromatic carbocycles. The summed E-state index contributed by atoms with van der Waals surface area (Å²) in [5.41, 5.74) is 0. The molecule has 0 bridgehead atoms. The normalized spacial score (nSPS) is 3.43. The SMILES string of the molecule is F.O=C([O-])[O-].[Ca+2].[Rb+]. The van der Waals surface area contributed by atoms with Crippen molar-refractivity contribution in [2.45, 2.75) is 0 Å². The van der Waals surface area contributed by atoms with Gasteiger partial charge in [-0.1, -0.05) is 0 Å². The molecule has 0 aliphatic rings. The monoisotopic (exact) mass is 205 g/mol. The number of rotatable bonds is 0. The number of carboxylic acid groups (broad SMARTS) is 2. The van der Waals surface area contributed by atoms with Gasteiger partial charge >= 0.3 is 95.9 Å². The van der Waals surface area contributed by atoms with E-state index in [9.17, 15) is 0 Å². The van der Waals surface area contributed by atoms with Crippen LogP contribution in [-0.4, -0.2) is 43.9 Å². The van der Waals surface area contributed by atoms with Crippen LogP contribution in [0, 0.1) is 0 Å². The van der Waals surface area contributed by atoms with Crippen LogP contribution in [0.4, 0.5) is 9.50 Å². The average molecular weight is 206 g/mol. The first kappa shape index (κ1) is 22.8. The molecule has 0 aliphatic heterocycles. The van der Waals surface area contributed by atoms with Gasteiger partial charge in [0.15, 0.2) is 0 Å². The molecule has 0 heterocycles. The maximum absolute atomic E-state index is 8.33. The number of hydrogen-bond donors (Lipinski definition) is 0. The summed E-state index contributed by atoms with van der Waals surface area (Å²) in [7, 11) is 0. The quantitative estimate of drug-likeness (QED) is 0.371. The molecular formula is CHCaFO3Rb+. The Morgan fingerprint density at radius 2 is 1.29 bits per heavy atom. The summed E-state index contributed by atoms with van der Waals surface area (Å²) in [5.74, 6) is 0. The Morgan fingerprint density at radius 3 is 1.29 bits per heavy atom. The van der Waals surface area contributed by atoms with Crippen LogP contribution >= 0.6 is 0 Å². The van der Waals surface area contributed by atoms with E-state index in [-0.39, 0.29) is 101 Å². The first-order chi connectivity index (χ1) is 1.73. The molecule has 0 saturated carbocycles. The molecule has 3 nitrogen and oxygen atoms in total. The zero-order valence-corrected chi connectivity index (χ0v) is 11.0. The Morgan fingerprint density at radius 1 is 1.29 bits per heavy atom. The summed E-state index contributed by atoms with van der Waals surface area (Å²) in [6.07, 6.45) is -2.33. The molecule has 0 N–H and O–H groups in total. The summed E-state index contributed by atoms with van der Waals surface area (Å²) in [5, 5.41) is 16.7. The third-order valence-corrected chi connectivity index (χ3v) is 0. The van der Waals surface area contributed by atoms with Crippen LogP contribution in [-0.2, 0) is 0 Å². The van der Waals surface area contributed by atoms with Crippen LogP contribution in [0.1, 0.15) is 0 Å². The van der Waals surface area contributed by atoms with Gasteiger partial charge in [-0.2, -0.15) is 0 Å². The van der Waals surface area contributed by atoms with E-state index in [1.807, 2.05) is 0 Å². The molecule has 0 amide bonds. The molecule has 0 fully saturated rings. The maximum atomic E-state index is 8.33. The Hall–Kier alpha value is 2.26. The zero-order valence-electron chi connectivity index (χ0n) is 3.84. The predicted molar refractivity (Wildman–Crippen MR) is 13.7 cm³/mol. The summed E-state index contributed by atoms with van der Waals surface area (Å²) in [6, 6.07) is 0. The molecule has 0 aliphatic carbocycles. The Balaban J connectivity index is -0.0000000150. The number of hydrogen-bond acceptors (Lipinski definition) is 3. The van der Waals surface area contributed by atoms with Gasteiger partial charge in [0.2, 0.25) is 0 Å². The fraction of sp³-hybridized carbons (Fsp3) is 0. The van der Waals surface area contributed by atoms with E-state index in [4.69, 9.17) is 15.0 Å². The summed E-state index contributed by atoms with van der Waals surface area (Å²) in [4.78, 5) is 8.33. The molecule has 0 saturated heterocycles. The third kappa shape index (κ3) is 63.2. The number of carbonyl (C=O) groups excluding carboxylic acids is 1. The van der Waals surface area contributed by atoms with Gasteiger partial charge < -0.3 is 15.0 Å². The van der Waals surface area contributed by atoms with E-state index < -0.39 is 6.16 Å². The van der Waals surface area contributed by atoms with E-state index in [0.29, 0.717) is 0 Å². The van der Waals surface area contributed by atoms with E-state index in [1.165, 1.54) is 0 Å². The standard InChI is InChI=1S/CH2O3.Ca.FH.Rb/c2-1(3)4;;;/h(H2,2,3,4);;1H;/q;+2;;+1/p-2. The second kappa shape index (κ2) is 15.7. The van der Waals surface area contributed by atoms with E-state index >= 15 is 0 Å². The molecule has 0 aromatic rings. The van der Waals surface area contributed by atoms with Crippen LogP contribution in [0.15, 0.2) is 0 Å². The van der Waals surface area contributed by atoms with Gasteiger partial charge in [0.25, 0.3) is 0 Å². The first-order valence-electron chi connectivity index (χ1n) is 0.612. The minimum absolute atomic E-state index is 0. The number of carbonyl (C=O) groups is 1. The van der Waals surface area contributed by atoms with Crippen molar-refractivity contribution in [3.05, 3.63) is 0 Å². The van der Waals surface area contributed by atoms with Crippen LogP contribution in [0.3, 0.4) is 0 Å². The van der Waals surface area contributed by atoms with Gasteiger partial charge in [-0.3, -0.25) is 4.70 Å². The maximum Gasteiger partial charge on any atom is 2.00 e. The van der Waals surface area contributed by atoms with Crippen molar-refractivity contribution in [3.8, 4) is 0 Å². The van der Waals surface area contributed by atoms with Gasteiger partial charge in [0, 0.05) is 0 Å². The van der Waals surface area contributed by atoms with Gasteiger partial charge in [0.05, 0.1) is 0 Å². The predicted octanol–water partition coefficient (Wildman–Crippen LogP) is -5.67. The van der Waals surface area contributed by atoms with Crippen LogP contribution in [0.25, 0.3) is 0 Å². The van der Waals surface area contributed by atoms with Gasteiger partial charge in [-0.15, -0.1) is 0 Å². The molecule has 32 valence electrons. The summed E-state index contributed by atoms with van der Waals surface area (Å²) in [6.45, 7) is 0. The van der Waals surface area contributed by atoms with Crippen LogP contribution in [0.5, 0.6) is 0 Å². The molecule has 0 atom stereocenters. The van der Waals surface area contributed by atoms with Gasteiger partial charge in [-0.05, 0) is 6.16 Å². The molecular weight excluding hydrogens is 205 g/mol. The van der Waals surface area contributed by atoms with Gasteiger partial charge in [0.1, 0.15) is 0 Å². The van der Waals surface area contributed by atoms with Crippen molar-refractivity contribution in [2.24, 2.45) is 0 Å². The third-order valence-electron chi connectivity index (χ3n) is 0. The van der Waals surface area contributed by atoms with Crippen molar-refractivity contribution in [1.29, 1.82) is 0 Å².